The number of hydrogen-bond donors (Lipinski definition) is 2. The Labute approximate surface area is 203 Å². The van der Waals surface area contributed by atoms with E-state index in [1.165, 1.54) is 16.0 Å². The molecule has 9 heteroatoms. The maximum atomic E-state index is 13.3. The number of nitrogens with zero attached hydrogens (tertiary/aromatic N) is 5. The highest BCUT2D eigenvalue weighted by Crippen LogP contribution is 2.24. The van der Waals surface area contributed by atoms with Crippen LogP contribution in [0.4, 0.5) is 11.6 Å². The summed E-state index contributed by atoms with van der Waals surface area (Å²) in [6, 6.07) is 13.4. The van der Waals surface area contributed by atoms with Gasteiger partial charge in [-0.25, -0.2) is 14.3 Å². The van der Waals surface area contributed by atoms with E-state index in [0.29, 0.717) is 28.2 Å². The van der Waals surface area contributed by atoms with E-state index in [4.69, 9.17) is 4.98 Å². The SMILES string of the molecule is CC(C)n1c(=O)c2cnc(Nc3ccc4c(c3)CCNC4)nc2n1-c1cccc(C(=O)N(C)C)c1. The molecular formula is C26H29N7O2. The molecule has 9 nitrogen and oxygen atoms in total. The van der Waals surface area contributed by atoms with Gasteiger partial charge in [-0.3, -0.25) is 9.59 Å². The molecule has 2 aromatic carbocycles. The van der Waals surface area contributed by atoms with Gasteiger partial charge in [-0.1, -0.05) is 12.1 Å². The first-order valence-electron chi connectivity index (χ1n) is 11.8. The normalized spacial score (nSPS) is 13.2. The standard InChI is InChI=1S/C26H29N7O2/c1-16(2)32-25(35)22-15-28-26(29-20-9-8-19-14-27-11-10-17(19)12-20)30-23(22)33(32)21-7-5-6-18(13-21)24(34)31(3)4/h5-9,12-13,15-16,27H,10-11,14H2,1-4H3,(H,28,29,30). The Morgan fingerprint density at radius 1 is 1.14 bits per heavy atom. The fraction of sp³-hybridized carbons (Fsp3) is 0.308. The second-order valence-electron chi connectivity index (χ2n) is 9.27. The van der Waals surface area contributed by atoms with Gasteiger partial charge in [0.05, 0.1) is 5.69 Å². The van der Waals surface area contributed by atoms with E-state index in [1.54, 1.807) is 41.8 Å². The Morgan fingerprint density at radius 3 is 2.74 bits per heavy atom. The largest absolute Gasteiger partial charge is 0.345 e. The van der Waals surface area contributed by atoms with Gasteiger partial charge >= 0.3 is 0 Å². The molecular weight excluding hydrogens is 442 g/mol. The maximum absolute atomic E-state index is 13.3. The average molecular weight is 472 g/mol. The van der Waals surface area contributed by atoms with Crippen LogP contribution in [0.5, 0.6) is 0 Å². The fourth-order valence-corrected chi connectivity index (χ4v) is 4.49. The fourth-order valence-electron chi connectivity index (χ4n) is 4.49. The second kappa shape index (κ2) is 8.99. The van der Waals surface area contributed by atoms with Gasteiger partial charge in [0.25, 0.3) is 11.5 Å². The van der Waals surface area contributed by atoms with Crippen LogP contribution in [0.15, 0.2) is 53.5 Å². The molecule has 0 saturated carbocycles. The molecule has 0 bridgehead atoms. The quantitative estimate of drug-likeness (QED) is 0.464. The Kier molecular flexibility index (Phi) is 5.86. The van der Waals surface area contributed by atoms with Crippen molar-refractivity contribution in [3.05, 3.63) is 75.7 Å². The molecule has 4 aromatic rings. The van der Waals surface area contributed by atoms with Gasteiger partial charge in [-0.2, -0.15) is 4.98 Å². The number of carbonyl (C=O) groups is 1. The molecule has 5 rings (SSSR count). The molecule has 2 aromatic heterocycles. The van der Waals surface area contributed by atoms with Gasteiger partial charge in [-0.15, -0.1) is 0 Å². The van der Waals surface area contributed by atoms with Crippen molar-refractivity contribution in [2.75, 3.05) is 26.0 Å². The Hall–Kier alpha value is -3.98. The Morgan fingerprint density at radius 2 is 1.97 bits per heavy atom. The van der Waals surface area contributed by atoms with Crippen molar-refractivity contribution in [3.63, 3.8) is 0 Å². The summed E-state index contributed by atoms with van der Waals surface area (Å²) in [7, 11) is 3.43. The minimum Gasteiger partial charge on any atom is -0.345 e. The smallest absolute Gasteiger partial charge is 0.278 e. The lowest BCUT2D eigenvalue weighted by atomic mass is 10.0. The topological polar surface area (TPSA) is 97.1 Å². The van der Waals surface area contributed by atoms with Crippen molar-refractivity contribution < 1.29 is 4.79 Å². The van der Waals surface area contributed by atoms with Gasteiger partial charge in [0.2, 0.25) is 5.95 Å². The molecule has 1 aliphatic rings. The second-order valence-corrected chi connectivity index (χ2v) is 9.27. The predicted octanol–water partition coefficient (Wildman–Crippen LogP) is 3.25. The molecule has 1 amide bonds. The molecule has 35 heavy (non-hydrogen) atoms. The zero-order valence-corrected chi connectivity index (χ0v) is 20.4. The molecule has 3 heterocycles. The van der Waals surface area contributed by atoms with E-state index in [0.717, 1.165) is 25.2 Å². The number of benzene rings is 2. The molecule has 2 N–H and O–H groups in total. The lowest BCUT2D eigenvalue weighted by Crippen LogP contribution is -2.25. The van der Waals surface area contributed by atoms with E-state index < -0.39 is 0 Å². The molecule has 0 unspecified atom stereocenters. The maximum Gasteiger partial charge on any atom is 0.278 e. The van der Waals surface area contributed by atoms with Crippen molar-refractivity contribution >= 4 is 28.6 Å². The number of amides is 1. The van der Waals surface area contributed by atoms with Crippen LogP contribution in [0.2, 0.25) is 0 Å². The number of anilines is 2. The molecule has 0 atom stereocenters. The van der Waals surface area contributed by atoms with E-state index >= 15 is 0 Å². The summed E-state index contributed by atoms with van der Waals surface area (Å²) in [6.45, 7) is 5.73. The molecule has 180 valence electrons. The Bertz CT molecular complexity index is 1480. The third-order valence-electron chi connectivity index (χ3n) is 6.21. The summed E-state index contributed by atoms with van der Waals surface area (Å²) in [4.78, 5) is 36.6. The van der Waals surface area contributed by atoms with Gasteiger partial charge in [-0.05, 0) is 68.3 Å². The number of nitrogens with one attached hydrogen (secondary N) is 2. The summed E-state index contributed by atoms with van der Waals surface area (Å²) in [5.74, 6) is 0.294. The van der Waals surface area contributed by atoms with E-state index in [9.17, 15) is 9.59 Å². The first kappa shape index (κ1) is 22.8. The molecule has 1 aliphatic heterocycles. The summed E-state index contributed by atoms with van der Waals surface area (Å²) in [5.41, 5.74) is 5.04. The van der Waals surface area contributed by atoms with Crippen molar-refractivity contribution in [2.45, 2.75) is 32.9 Å². The van der Waals surface area contributed by atoms with Crippen molar-refractivity contribution in [1.29, 1.82) is 0 Å². The van der Waals surface area contributed by atoms with Crippen molar-refractivity contribution in [1.82, 2.24) is 29.5 Å². The van der Waals surface area contributed by atoms with Crippen LogP contribution in [-0.4, -0.2) is 50.8 Å². The third-order valence-corrected chi connectivity index (χ3v) is 6.21. The third kappa shape index (κ3) is 4.19. The summed E-state index contributed by atoms with van der Waals surface area (Å²) < 4.78 is 3.43. The molecule has 0 spiro atoms. The van der Waals surface area contributed by atoms with Crippen LogP contribution in [0, 0.1) is 0 Å². The highest BCUT2D eigenvalue weighted by molar-refractivity contribution is 5.94. The minimum atomic E-state index is -0.174. The highest BCUT2D eigenvalue weighted by Gasteiger charge is 2.20. The first-order chi connectivity index (χ1) is 16.8. The van der Waals surface area contributed by atoms with Gasteiger partial charge in [0, 0.05) is 44.1 Å². The molecule has 0 radical (unpaired) electrons. The summed E-state index contributed by atoms with van der Waals surface area (Å²) in [5, 5.41) is 7.10. The average Bonchev–Trinajstić information content (AvgIpc) is 3.15. The zero-order chi connectivity index (χ0) is 24.7. The van der Waals surface area contributed by atoms with Crippen LogP contribution in [0.3, 0.4) is 0 Å². The van der Waals surface area contributed by atoms with Crippen LogP contribution < -0.4 is 16.2 Å². The van der Waals surface area contributed by atoms with Gasteiger partial charge in [0.1, 0.15) is 5.39 Å². The lowest BCUT2D eigenvalue weighted by molar-refractivity contribution is 0.0827. The van der Waals surface area contributed by atoms with Crippen LogP contribution in [0.1, 0.15) is 41.4 Å². The van der Waals surface area contributed by atoms with Crippen LogP contribution >= 0.6 is 0 Å². The number of fused-ring (bicyclic) bond motifs is 2. The summed E-state index contributed by atoms with van der Waals surface area (Å²) in [6.07, 6.45) is 2.54. The minimum absolute atomic E-state index is 0.110. The number of carbonyl (C=O) groups excluding carboxylic acids is 1. The van der Waals surface area contributed by atoms with Gasteiger partial charge in [0.15, 0.2) is 5.65 Å². The Balaban J connectivity index is 1.62. The highest BCUT2D eigenvalue weighted by atomic mass is 16.2. The number of rotatable bonds is 5. The predicted molar refractivity (Wildman–Crippen MR) is 137 cm³/mol. The van der Waals surface area contributed by atoms with E-state index in [2.05, 4.69) is 27.8 Å². The van der Waals surface area contributed by atoms with Crippen LogP contribution in [0.25, 0.3) is 16.7 Å². The molecule has 0 fully saturated rings. The first-order valence-corrected chi connectivity index (χ1v) is 11.8. The molecule has 0 aliphatic carbocycles. The van der Waals surface area contributed by atoms with E-state index in [-0.39, 0.29) is 17.5 Å². The van der Waals surface area contributed by atoms with E-state index in [1.807, 2.05) is 32.0 Å². The zero-order valence-electron chi connectivity index (χ0n) is 20.4. The summed E-state index contributed by atoms with van der Waals surface area (Å²) >= 11 is 0. The lowest BCUT2D eigenvalue weighted by Gasteiger charge is -2.18. The van der Waals surface area contributed by atoms with Crippen molar-refractivity contribution in [2.24, 2.45) is 0 Å². The number of hydrogen-bond acceptors (Lipinski definition) is 6. The van der Waals surface area contributed by atoms with Crippen molar-refractivity contribution in [3.8, 4) is 5.69 Å². The monoisotopic (exact) mass is 471 g/mol. The number of aromatic nitrogens is 4. The van der Waals surface area contributed by atoms with Gasteiger partial charge < -0.3 is 15.5 Å². The molecule has 0 saturated heterocycles. The van der Waals surface area contributed by atoms with Crippen LogP contribution in [-0.2, 0) is 13.0 Å².